The molecule has 0 bridgehead atoms. The number of hydrogen-bond acceptors (Lipinski definition) is 3. The maximum Gasteiger partial charge on any atom is 0.154 e. The van der Waals surface area contributed by atoms with E-state index in [2.05, 4.69) is 43.4 Å². The Morgan fingerprint density at radius 3 is 2.50 bits per heavy atom. The highest BCUT2D eigenvalue weighted by atomic mass is 32.2. The molecule has 0 aromatic heterocycles. The number of benzene rings is 1. The molecule has 0 aliphatic carbocycles. The van der Waals surface area contributed by atoms with Crippen LogP contribution in [-0.2, 0) is 16.3 Å². The van der Waals surface area contributed by atoms with Gasteiger partial charge in [-0.05, 0) is 42.9 Å². The highest BCUT2D eigenvalue weighted by Crippen LogP contribution is 2.19. The van der Waals surface area contributed by atoms with Crippen molar-refractivity contribution in [1.29, 1.82) is 0 Å². The van der Waals surface area contributed by atoms with E-state index < -0.39 is 9.84 Å². The third kappa shape index (κ3) is 4.06. The summed E-state index contributed by atoms with van der Waals surface area (Å²) in [6, 6.07) is 8.70. The summed E-state index contributed by atoms with van der Waals surface area (Å²) in [6.07, 6.45) is 2.59. The van der Waals surface area contributed by atoms with Crippen LogP contribution in [0.2, 0.25) is 0 Å². The fourth-order valence-corrected chi connectivity index (χ4v) is 4.45. The molecule has 0 amide bonds. The molecule has 4 heteroatoms. The molecule has 1 aromatic rings. The Labute approximate surface area is 122 Å². The van der Waals surface area contributed by atoms with Gasteiger partial charge in [0.2, 0.25) is 0 Å². The Morgan fingerprint density at radius 1 is 1.25 bits per heavy atom. The lowest BCUT2D eigenvalue weighted by Gasteiger charge is -2.11. The molecule has 0 saturated carbocycles. The normalized spacial score (nSPS) is 21.4. The molecular weight excluding hydrogens is 270 g/mol. The molecule has 3 nitrogen and oxygen atoms in total. The van der Waals surface area contributed by atoms with Crippen LogP contribution in [0.5, 0.6) is 0 Å². The minimum atomic E-state index is -2.81. The summed E-state index contributed by atoms with van der Waals surface area (Å²) in [7, 11) is -2.81. The highest BCUT2D eigenvalue weighted by molar-refractivity contribution is 7.92. The summed E-state index contributed by atoms with van der Waals surface area (Å²) in [5, 5.41) is 3.13. The van der Waals surface area contributed by atoms with E-state index in [0.29, 0.717) is 18.2 Å². The van der Waals surface area contributed by atoms with Crippen molar-refractivity contribution in [2.75, 3.05) is 18.8 Å². The van der Waals surface area contributed by atoms with Gasteiger partial charge in [-0.1, -0.05) is 38.1 Å². The molecule has 2 rings (SSSR count). The largest absolute Gasteiger partial charge is 0.315 e. The van der Waals surface area contributed by atoms with Gasteiger partial charge in [0.25, 0.3) is 0 Å². The van der Waals surface area contributed by atoms with Gasteiger partial charge in [-0.3, -0.25) is 0 Å². The molecule has 112 valence electrons. The molecule has 0 radical (unpaired) electrons. The van der Waals surface area contributed by atoms with Crippen molar-refractivity contribution in [2.45, 2.75) is 44.3 Å². The molecule has 1 aromatic carbocycles. The summed E-state index contributed by atoms with van der Waals surface area (Å²) in [6.45, 7) is 5.83. The summed E-state index contributed by atoms with van der Waals surface area (Å²) < 4.78 is 23.4. The lowest BCUT2D eigenvalue weighted by atomic mass is 10.0. The van der Waals surface area contributed by atoms with E-state index in [1.807, 2.05) is 0 Å². The van der Waals surface area contributed by atoms with Gasteiger partial charge >= 0.3 is 0 Å². The number of sulfone groups is 1. The van der Waals surface area contributed by atoms with Crippen molar-refractivity contribution in [3.8, 4) is 0 Å². The van der Waals surface area contributed by atoms with Crippen LogP contribution >= 0.6 is 0 Å². The quantitative estimate of drug-likeness (QED) is 0.820. The van der Waals surface area contributed by atoms with Crippen molar-refractivity contribution in [3.05, 3.63) is 35.4 Å². The van der Waals surface area contributed by atoms with Crippen molar-refractivity contribution in [3.63, 3.8) is 0 Å². The van der Waals surface area contributed by atoms with E-state index in [4.69, 9.17) is 0 Å². The van der Waals surface area contributed by atoms with Crippen LogP contribution in [0.25, 0.3) is 0 Å². The predicted octanol–water partition coefficient (Wildman–Crippen LogP) is 2.52. The van der Waals surface area contributed by atoms with Crippen LogP contribution in [0.1, 0.15) is 43.7 Å². The van der Waals surface area contributed by atoms with E-state index >= 15 is 0 Å². The van der Waals surface area contributed by atoms with Gasteiger partial charge in [0.15, 0.2) is 9.84 Å². The van der Waals surface area contributed by atoms with Crippen LogP contribution in [0.15, 0.2) is 24.3 Å². The zero-order valence-electron chi connectivity index (χ0n) is 12.4. The standard InChI is InChI=1S/C16H25NO2S/c1-13(2)15-7-5-14(6-8-15)9-10-17-12-16-4-3-11-20(16,18)19/h5-8,13,16-17H,3-4,9-12H2,1-2H3/t16-/m0/s1. The maximum atomic E-state index is 11.7. The van der Waals surface area contributed by atoms with E-state index in [1.165, 1.54) is 11.1 Å². The SMILES string of the molecule is CC(C)c1ccc(CCNC[C@@H]2CCCS2(=O)=O)cc1. The number of hydrogen-bond donors (Lipinski definition) is 1. The molecular formula is C16H25NO2S. The van der Waals surface area contributed by atoms with Gasteiger partial charge in [0.1, 0.15) is 0 Å². The van der Waals surface area contributed by atoms with Crippen LogP contribution < -0.4 is 5.32 Å². The van der Waals surface area contributed by atoms with Gasteiger partial charge in [-0.2, -0.15) is 0 Å². The third-order valence-corrected chi connectivity index (χ3v) is 6.35. The predicted molar refractivity (Wildman–Crippen MR) is 83.9 cm³/mol. The molecule has 1 N–H and O–H groups in total. The minimum Gasteiger partial charge on any atom is -0.315 e. The topological polar surface area (TPSA) is 46.2 Å². The van der Waals surface area contributed by atoms with E-state index in [-0.39, 0.29) is 5.25 Å². The third-order valence-electron chi connectivity index (χ3n) is 4.07. The molecule has 0 spiro atoms. The first-order valence-corrected chi connectivity index (χ1v) is 9.22. The number of rotatable bonds is 6. The summed E-state index contributed by atoms with van der Waals surface area (Å²) in [5.74, 6) is 0.936. The van der Waals surface area contributed by atoms with Gasteiger partial charge in [-0.15, -0.1) is 0 Å². The summed E-state index contributed by atoms with van der Waals surface area (Å²) in [5.41, 5.74) is 2.66. The molecule has 0 unspecified atom stereocenters. The Kier molecular flexibility index (Phi) is 5.22. The molecule has 1 heterocycles. The Balaban J connectivity index is 1.73. The Bertz CT molecular complexity index is 520. The zero-order chi connectivity index (χ0) is 14.6. The lowest BCUT2D eigenvalue weighted by Crippen LogP contribution is -2.31. The van der Waals surface area contributed by atoms with Crippen molar-refractivity contribution < 1.29 is 8.42 Å². The Morgan fingerprint density at radius 2 is 1.95 bits per heavy atom. The molecule has 1 fully saturated rings. The van der Waals surface area contributed by atoms with Crippen LogP contribution in [0.3, 0.4) is 0 Å². The fourth-order valence-electron chi connectivity index (χ4n) is 2.65. The number of nitrogens with one attached hydrogen (secondary N) is 1. The van der Waals surface area contributed by atoms with Crippen molar-refractivity contribution >= 4 is 9.84 Å². The first-order chi connectivity index (χ1) is 9.49. The van der Waals surface area contributed by atoms with Crippen molar-refractivity contribution in [1.82, 2.24) is 5.32 Å². The first kappa shape index (κ1) is 15.5. The highest BCUT2D eigenvalue weighted by Gasteiger charge is 2.30. The van der Waals surface area contributed by atoms with E-state index in [0.717, 1.165) is 25.8 Å². The van der Waals surface area contributed by atoms with Crippen LogP contribution in [-0.4, -0.2) is 32.5 Å². The molecule has 1 saturated heterocycles. The smallest absolute Gasteiger partial charge is 0.154 e. The minimum absolute atomic E-state index is 0.161. The van der Waals surface area contributed by atoms with Crippen molar-refractivity contribution in [2.24, 2.45) is 0 Å². The van der Waals surface area contributed by atoms with Gasteiger partial charge < -0.3 is 5.32 Å². The van der Waals surface area contributed by atoms with Gasteiger partial charge in [0.05, 0.1) is 11.0 Å². The molecule has 1 aliphatic rings. The van der Waals surface area contributed by atoms with Gasteiger partial charge in [-0.25, -0.2) is 8.42 Å². The zero-order valence-corrected chi connectivity index (χ0v) is 13.2. The average molecular weight is 295 g/mol. The van der Waals surface area contributed by atoms with E-state index in [1.54, 1.807) is 0 Å². The molecule has 1 atom stereocenters. The fraction of sp³-hybridized carbons (Fsp3) is 0.625. The second-order valence-corrected chi connectivity index (χ2v) is 8.38. The van der Waals surface area contributed by atoms with Crippen LogP contribution in [0, 0.1) is 0 Å². The summed E-state index contributed by atoms with van der Waals surface area (Å²) >= 11 is 0. The molecule has 1 aliphatic heterocycles. The monoisotopic (exact) mass is 295 g/mol. The maximum absolute atomic E-state index is 11.7. The van der Waals surface area contributed by atoms with Crippen LogP contribution in [0.4, 0.5) is 0 Å². The second-order valence-electron chi connectivity index (χ2n) is 5.98. The average Bonchev–Trinajstić information content (AvgIpc) is 2.74. The van der Waals surface area contributed by atoms with Gasteiger partial charge in [0, 0.05) is 6.54 Å². The molecule has 20 heavy (non-hydrogen) atoms. The first-order valence-electron chi connectivity index (χ1n) is 7.50. The second kappa shape index (κ2) is 6.72. The summed E-state index contributed by atoms with van der Waals surface area (Å²) in [4.78, 5) is 0. The van der Waals surface area contributed by atoms with E-state index in [9.17, 15) is 8.42 Å². The lowest BCUT2D eigenvalue weighted by molar-refractivity contribution is 0.574. The Hall–Kier alpha value is -0.870.